The van der Waals surface area contributed by atoms with E-state index in [4.69, 9.17) is 0 Å². The van der Waals surface area contributed by atoms with E-state index in [0.717, 1.165) is 25.9 Å². The van der Waals surface area contributed by atoms with Crippen molar-refractivity contribution in [1.29, 1.82) is 0 Å². The highest BCUT2D eigenvalue weighted by molar-refractivity contribution is 7.90. The number of hydrogen-bond acceptors (Lipinski definition) is 4. The summed E-state index contributed by atoms with van der Waals surface area (Å²) in [6.45, 7) is 2.23. The van der Waals surface area contributed by atoms with Crippen LogP contribution in [-0.4, -0.2) is 56.9 Å². The molecule has 0 aliphatic carbocycles. The SMILES string of the molecule is CS(=O)(=O)CCN1C(=O)CCC2CNCCC21. The molecule has 0 aromatic rings. The number of fused-ring (bicyclic) bond motifs is 1. The molecule has 98 valence electrons. The molecule has 5 nitrogen and oxygen atoms in total. The van der Waals surface area contributed by atoms with Crippen LogP contribution in [0.15, 0.2) is 0 Å². The molecule has 6 heteroatoms. The van der Waals surface area contributed by atoms with Crippen molar-refractivity contribution in [2.24, 2.45) is 5.92 Å². The fourth-order valence-electron chi connectivity index (χ4n) is 2.81. The lowest BCUT2D eigenvalue weighted by Gasteiger charge is -2.44. The highest BCUT2D eigenvalue weighted by Gasteiger charge is 2.36. The van der Waals surface area contributed by atoms with Crippen LogP contribution in [0.1, 0.15) is 19.3 Å². The lowest BCUT2D eigenvalue weighted by Crippen LogP contribution is -2.55. The quantitative estimate of drug-likeness (QED) is 0.752. The second-order valence-corrected chi connectivity index (χ2v) is 7.34. The summed E-state index contributed by atoms with van der Waals surface area (Å²) in [5, 5.41) is 3.34. The third kappa shape index (κ3) is 3.19. The molecule has 0 saturated carbocycles. The zero-order valence-corrected chi connectivity index (χ0v) is 11.0. The smallest absolute Gasteiger partial charge is 0.222 e. The van der Waals surface area contributed by atoms with Gasteiger partial charge in [0.15, 0.2) is 0 Å². The molecule has 0 aromatic heterocycles. The first-order valence-electron chi connectivity index (χ1n) is 6.15. The van der Waals surface area contributed by atoms with Crippen LogP contribution in [-0.2, 0) is 14.6 Å². The number of hydrogen-bond donors (Lipinski definition) is 1. The molecule has 0 radical (unpaired) electrons. The van der Waals surface area contributed by atoms with Gasteiger partial charge >= 0.3 is 0 Å². The first-order valence-corrected chi connectivity index (χ1v) is 8.21. The van der Waals surface area contributed by atoms with E-state index in [1.165, 1.54) is 6.26 Å². The summed E-state index contributed by atoms with van der Waals surface area (Å²) in [6, 6.07) is 0.249. The molecule has 0 bridgehead atoms. The molecule has 2 unspecified atom stereocenters. The Kier molecular flexibility index (Phi) is 3.73. The van der Waals surface area contributed by atoms with Gasteiger partial charge in [-0.2, -0.15) is 0 Å². The first-order chi connectivity index (χ1) is 7.97. The van der Waals surface area contributed by atoms with Gasteiger partial charge < -0.3 is 10.2 Å². The predicted molar refractivity (Wildman–Crippen MR) is 65.4 cm³/mol. The molecule has 0 spiro atoms. The normalized spacial score (nSPS) is 30.2. The summed E-state index contributed by atoms with van der Waals surface area (Å²) < 4.78 is 22.4. The van der Waals surface area contributed by atoms with Gasteiger partial charge in [0.2, 0.25) is 5.91 Å². The van der Waals surface area contributed by atoms with Crippen molar-refractivity contribution in [3.8, 4) is 0 Å². The fourth-order valence-corrected chi connectivity index (χ4v) is 3.33. The van der Waals surface area contributed by atoms with Crippen molar-refractivity contribution in [3.63, 3.8) is 0 Å². The van der Waals surface area contributed by atoms with Crippen LogP contribution in [0.5, 0.6) is 0 Å². The molecule has 1 amide bonds. The largest absolute Gasteiger partial charge is 0.338 e. The van der Waals surface area contributed by atoms with Gasteiger partial charge in [-0.15, -0.1) is 0 Å². The molecular weight excluding hydrogens is 240 g/mol. The summed E-state index contributed by atoms with van der Waals surface area (Å²) in [4.78, 5) is 13.7. The number of carbonyl (C=O) groups is 1. The lowest BCUT2D eigenvalue weighted by atomic mass is 9.84. The Morgan fingerprint density at radius 3 is 2.88 bits per heavy atom. The van der Waals surface area contributed by atoms with Crippen molar-refractivity contribution in [2.75, 3.05) is 31.6 Å². The lowest BCUT2D eigenvalue weighted by molar-refractivity contribution is -0.139. The van der Waals surface area contributed by atoms with Crippen LogP contribution in [0.4, 0.5) is 0 Å². The Bertz CT molecular complexity index is 394. The molecule has 0 aromatic carbocycles. The summed E-state index contributed by atoms with van der Waals surface area (Å²) in [5.41, 5.74) is 0. The number of piperidine rings is 2. The fraction of sp³-hybridized carbons (Fsp3) is 0.909. The van der Waals surface area contributed by atoms with E-state index in [9.17, 15) is 13.2 Å². The van der Waals surface area contributed by atoms with Crippen LogP contribution >= 0.6 is 0 Å². The van der Waals surface area contributed by atoms with Crippen molar-refractivity contribution in [2.45, 2.75) is 25.3 Å². The van der Waals surface area contributed by atoms with Crippen molar-refractivity contribution >= 4 is 15.7 Å². The van der Waals surface area contributed by atoms with E-state index >= 15 is 0 Å². The summed E-state index contributed by atoms with van der Waals surface area (Å²) in [7, 11) is -2.99. The maximum absolute atomic E-state index is 11.9. The van der Waals surface area contributed by atoms with E-state index in [2.05, 4.69) is 5.32 Å². The molecule has 2 heterocycles. The predicted octanol–water partition coefficient (Wildman–Crippen LogP) is -0.368. The number of likely N-dealkylation sites (tertiary alicyclic amines) is 1. The van der Waals surface area contributed by atoms with Gasteiger partial charge in [-0.1, -0.05) is 0 Å². The van der Waals surface area contributed by atoms with Gasteiger partial charge in [0.1, 0.15) is 9.84 Å². The molecule has 2 aliphatic rings. The second-order valence-electron chi connectivity index (χ2n) is 5.08. The van der Waals surface area contributed by atoms with E-state index in [1.54, 1.807) is 4.90 Å². The highest BCUT2D eigenvalue weighted by atomic mass is 32.2. The van der Waals surface area contributed by atoms with Crippen molar-refractivity contribution < 1.29 is 13.2 Å². The van der Waals surface area contributed by atoms with E-state index in [0.29, 0.717) is 18.9 Å². The number of nitrogens with one attached hydrogen (secondary N) is 1. The monoisotopic (exact) mass is 260 g/mol. The molecule has 2 rings (SSSR count). The molecule has 2 fully saturated rings. The minimum atomic E-state index is -2.99. The minimum Gasteiger partial charge on any atom is -0.338 e. The van der Waals surface area contributed by atoms with Crippen LogP contribution in [0.2, 0.25) is 0 Å². The van der Waals surface area contributed by atoms with E-state index in [-0.39, 0.29) is 17.7 Å². The Hall–Kier alpha value is -0.620. The third-order valence-electron chi connectivity index (χ3n) is 3.72. The van der Waals surface area contributed by atoms with E-state index in [1.807, 2.05) is 0 Å². The minimum absolute atomic E-state index is 0.0788. The molecule has 2 aliphatic heterocycles. The molecule has 17 heavy (non-hydrogen) atoms. The van der Waals surface area contributed by atoms with Crippen LogP contribution in [0.25, 0.3) is 0 Å². The molecule has 2 atom stereocenters. The number of carbonyl (C=O) groups excluding carboxylic acids is 1. The van der Waals surface area contributed by atoms with Gasteiger partial charge in [0, 0.05) is 25.3 Å². The van der Waals surface area contributed by atoms with Crippen LogP contribution in [0.3, 0.4) is 0 Å². The summed E-state index contributed by atoms with van der Waals surface area (Å²) in [6.07, 6.45) is 3.67. The number of sulfone groups is 1. The van der Waals surface area contributed by atoms with Gasteiger partial charge in [0.05, 0.1) is 5.75 Å². The highest BCUT2D eigenvalue weighted by Crippen LogP contribution is 2.28. The van der Waals surface area contributed by atoms with E-state index < -0.39 is 9.84 Å². The Labute approximate surface area is 102 Å². The number of nitrogens with zero attached hydrogens (tertiary/aromatic N) is 1. The average Bonchev–Trinajstić information content (AvgIpc) is 2.26. The molecule has 2 saturated heterocycles. The molecular formula is C11H20N2O3S. The van der Waals surface area contributed by atoms with Gasteiger partial charge in [-0.3, -0.25) is 4.79 Å². The third-order valence-corrected chi connectivity index (χ3v) is 4.64. The first kappa shape index (κ1) is 12.8. The zero-order valence-electron chi connectivity index (χ0n) is 10.2. The van der Waals surface area contributed by atoms with Gasteiger partial charge in [-0.25, -0.2) is 8.42 Å². The topological polar surface area (TPSA) is 66.5 Å². The summed E-state index contributed by atoms with van der Waals surface area (Å²) >= 11 is 0. The molecule has 1 N–H and O–H groups in total. The second kappa shape index (κ2) is 4.94. The Balaban J connectivity index is 2.03. The van der Waals surface area contributed by atoms with Crippen molar-refractivity contribution in [1.82, 2.24) is 10.2 Å². The Morgan fingerprint density at radius 2 is 2.18 bits per heavy atom. The standard InChI is InChI=1S/C11H20N2O3S/c1-17(15,16)7-6-13-10-4-5-12-8-9(10)2-3-11(13)14/h9-10,12H,2-8H2,1H3. The zero-order chi connectivity index (χ0) is 12.5. The Morgan fingerprint density at radius 1 is 1.41 bits per heavy atom. The van der Waals surface area contributed by atoms with Crippen LogP contribution < -0.4 is 5.32 Å². The van der Waals surface area contributed by atoms with Crippen LogP contribution in [0, 0.1) is 5.92 Å². The number of amides is 1. The average molecular weight is 260 g/mol. The van der Waals surface area contributed by atoms with Crippen molar-refractivity contribution in [3.05, 3.63) is 0 Å². The van der Waals surface area contributed by atoms with Gasteiger partial charge in [-0.05, 0) is 31.8 Å². The maximum Gasteiger partial charge on any atom is 0.222 e. The van der Waals surface area contributed by atoms with Gasteiger partial charge in [0.25, 0.3) is 0 Å². The number of rotatable bonds is 3. The summed E-state index contributed by atoms with van der Waals surface area (Å²) in [5.74, 6) is 0.702. The maximum atomic E-state index is 11.9.